The van der Waals surface area contributed by atoms with Gasteiger partial charge in [-0.3, -0.25) is 5.41 Å². The number of aryl methyl sites for hydroxylation is 1. The summed E-state index contributed by atoms with van der Waals surface area (Å²) in [6.45, 7) is 5.55. The summed E-state index contributed by atoms with van der Waals surface area (Å²) < 4.78 is 0. The molecule has 2 aliphatic rings. The van der Waals surface area contributed by atoms with Crippen molar-refractivity contribution in [3.05, 3.63) is 41.7 Å². The van der Waals surface area contributed by atoms with Crippen LogP contribution >= 0.6 is 0 Å². The number of fused-ring (bicyclic) bond motifs is 1. The Hall–Kier alpha value is -2.67. The zero-order valence-electron chi connectivity index (χ0n) is 16.5. The lowest BCUT2D eigenvalue weighted by atomic mass is 9.80. The maximum atomic E-state index is 8.70. The first-order valence-corrected chi connectivity index (χ1v) is 10.0. The van der Waals surface area contributed by atoms with E-state index in [4.69, 9.17) is 16.9 Å². The van der Waals surface area contributed by atoms with Crippen LogP contribution in [0.2, 0.25) is 0 Å². The smallest absolute Gasteiger partial charge is 0.155 e. The van der Waals surface area contributed by atoms with Gasteiger partial charge in [0.25, 0.3) is 0 Å². The number of hydrogen-bond acceptors (Lipinski definition) is 6. The Kier molecular flexibility index (Phi) is 4.93. The van der Waals surface area contributed by atoms with Gasteiger partial charge in [0.1, 0.15) is 11.5 Å². The second kappa shape index (κ2) is 7.39. The molecule has 5 N–H and O–H groups in total. The van der Waals surface area contributed by atoms with E-state index in [1.54, 1.807) is 6.20 Å². The van der Waals surface area contributed by atoms with Gasteiger partial charge < -0.3 is 21.3 Å². The predicted molar refractivity (Wildman–Crippen MR) is 114 cm³/mol. The van der Waals surface area contributed by atoms with Crippen molar-refractivity contribution in [1.29, 1.82) is 5.41 Å². The van der Waals surface area contributed by atoms with Crippen LogP contribution in [0.15, 0.2) is 30.5 Å². The van der Waals surface area contributed by atoms with Crippen LogP contribution in [0.1, 0.15) is 37.4 Å². The Balaban J connectivity index is 1.54. The molecule has 1 fully saturated rings. The van der Waals surface area contributed by atoms with E-state index in [9.17, 15) is 0 Å². The zero-order chi connectivity index (χ0) is 19.7. The third kappa shape index (κ3) is 3.42. The first-order valence-electron chi connectivity index (χ1n) is 10.0. The quantitative estimate of drug-likeness (QED) is 0.558. The van der Waals surface area contributed by atoms with E-state index in [1.165, 1.54) is 5.56 Å². The summed E-state index contributed by atoms with van der Waals surface area (Å²) in [5.74, 6) is 1.42. The molecule has 0 amide bonds. The highest BCUT2D eigenvalue weighted by Crippen LogP contribution is 2.32. The largest absolute Gasteiger partial charge is 0.382 e. The van der Waals surface area contributed by atoms with E-state index in [2.05, 4.69) is 33.9 Å². The monoisotopic (exact) mass is 379 g/mol. The number of aromatic nitrogens is 2. The third-order valence-electron chi connectivity index (χ3n) is 6.18. The Morgan fingerprint density at radius 3 is 2.68 bits per heavy atom. The molecule has 2 aromatic rings. The molecule has 4 rings (SSSR count). The molecule has 148 valence electrons. The number of hydrogen-bond donors (Lipinski definition) is 3. The van der Waals surface area contributed by atoms with E-state index in [0.29, 0.717) is 23.9 Å². The maximum absolute atomic E-state index is 8.70. The van der Waals surface area contributed by atoms with Crippen LogP contribution in [-0.2, 0) is 6.42 Å². The van der Waals surface area contributed by atoms with Crippen molar-refractivity contribution in [2.24, 2.45) is 11.1 Å². The molecule has 0 bridgehead atoms. The Morgan fingerprint density at radius 1 is 1.21 bits per heavy atom. The maximum Gasteiger partial charge on any atom is 0.155 e. The molecular weight excluding hydrogens is 350 g/mol. The van der Waals surface area contributed by atoms with E-state index < -0.39 is 0 Å². The van der Waals surface area contributed by atoms with Crippen LogP contribution in [0.4, 0.5) is 17.3 Å². The minimum atomic E-state index is 0.208. The van der Waals surface area contributed by atoms with E-state index in [0.717, 1.165) is 56.8 Å². The molecule has 7 nitrogen and oxygen atoms in total. The number of nitrogen functional groups attached to an aromatic ring is 1. The van der Waals surface area contributed by atoms with Crippen LogP contribution < -0.4 is 21.3 Å². The standard InChI is InChI=1S/C21H29N7/c1-21(14-22)8-11-27(12-9-21)17-13-25-18(19(23)26-17)20(24)28-10-4-6-15-5-2-3-7-16(15)28/h2-3,5,7,13,24H,4,6,8-12,14,22H2,1H3,(H2,23,26). The van der Waals surface area contributed by atoms with Crippen LogP contribution in [0.5, 0.6) is 0 Å². The Morgan fingerprint density at radius 2 is 1.96 bits per heavy atom. The molecule has 0 spiro atoms. The first kappa shape index (κ1) is 18.7. The highest BCUT2D eigenvalue weighted by atomic mass is 15.2. The van der Waals surface area contributed by atoms with Gasteiger partial charge in [-0.05, 0) is 49.3 Å². The number of amidine groups is 1. The number of benzene rings is 1. The zero-order valence-corrected chi connectivity index (χ0v) is 16.5. The van der Waals surface area contributed by atoms with Crippen molar-refractivity contribution in [1.82, 2.24) is 9.97 Å². The molecule has 28 heavy (non-hydrogen) atoms. The van der Waals surface area contributed by atoms with Crippen LogP contribution in [0.3, 0.4) is 0 Å². The van der Waals surface area contributed by atoms with Gasteiger partial charge in [-0.15, -0.1) is 0 Å². The Labute approximate surface area is 166 Å². The van der Waals surface area contributed by atoms with Gasteiger partial charge >= 0.3 is 0 Å². The highest BCUT2D eigenvalue weighted by molar-refractivity contribution is 6.09. The summed E-state index contributed by atoms with van der Waals surface area (Å²) in [5, 5.41) is 8.70. The van der Waals surface area contributed by atoms with Gasteiger partial charge in [0.2, 0.25) is 0 Å². The third-order valence-corrected chi connectivity index (χ3v) is 6.18. The van der Waals surface area contributed by atoms with Crippen molar-refractivity contribution < 1.29 is 0 Å². The minimum Gasteiger partial charge on any atom is -0.382 e. The van der Waals surface area contributed by atoms with E-state index in [-0.39, 0.29) is 5.41 Å². The molecule has 0 radical (unpaired) electrons. The van der Waals surface area contributed by atoms with Gasteiger partial charge in [-0.2, -0.15) is 0 Å². The molecule has 3 heterocycles. The summed E-state index contributed by atoms with van der Waals surface area (Å²) in [5.41, 5.74) is 15.1. The molecule has 0 unspecified atom stereocenters. The van der Waals surface area contributed by atoms with E-state index >= 15 is 0 Å². The minimum absolute atomic E-state index is 0.208. The summed E-state index contributed by atoms with van der Waals surface area (Å²) in [6.07, 6.45) is 5.87. The van der Waals surface area contributed by atoms with Gasteiger partial charge in [0.15, 0.2) is 11.7 Å². The molecule has 7 heteroatoms. The van der Waals surface area contributed by atoms with Gasteiger partial charge in [-0.25, -0.2) is 9.97 Å². The number of anilines is 3. The van der Waals surface area contributed by atoms with Crippen molar-refractivity contribution in [3.63, 3.8) is 0 Å². The second-order valence-electron chi connectivity index (χ2n) is 8.20. The fourth-order valence-corrected chi connectivity index (χ4v) is 4.10. The number of nitrogens with zero attached hydrogens (tertiary/aromatic N) is 4. The fourth-order valence-electron chi connectivity index (χ4n) is 4.10. The van der Waals surface area contributed by atoms with Crippen molar-refractivity contribution in [3.8, 4) is 0 Å². The van der Waals surface area contributed by atoms with E-state index in [1.807, 2.05) is 17.0 Å². The van der Waals surface area contributed by atoms with Crippen LogP contribution in [-0.4, -0.2) is 42.0 Å². The van der Waals surface area contributed by atoms with Crippen LogP contribution in [0, 0.1) is 10.8 Å². The molecule has 0 saturated carbocycles. The highest BCUT2D eigenvalue weighted by Gasteiger charge is 2.30. The lowest BCUT2D eigenvalue weighted by molar-refractivity contribution is 0.258. The lowest BCUT2D eigenvalue weighted by Crippen LogP contribution is -2.42. The summed E-state index contributed by atoms with van der Waals surface area (Å²) in [7, 11) is 0. The number of para-hydroxylation sites is 1. The van der Waals surface area contributed by atoms with Crippen LogP contribution in [0.25, 0.3) is 0 Å². The number of piperidine rings is 1. The number of nitrogens with two attached hydrogens (primary N) is 2. The van der Waals surface area contributed by atoms with Crippen molar-refractivity contribution >= 4 is 23.2 Å². The number of rotatable bonds is 3. The molecule has 1 aromatic carbocycles. The molecular formula is C21H29N7. The van der Waals surface area contributed by atoms with Gasteiger partial charge in [0.05, 0.1) is 6.20 Å². The average Bonchev–Trinajstić information content (AvgIpc) is 2.73. The molecule has 1 saturated heterocycles. The summed E-state index contributed by atoms with van der Waals surface area (Å²) in [6, 6.07) is 8.23. The average molecular weight is 380 g/mol. The molecule has 0 aliphatic carbocycles. The normalized spacial score (nSPS) is 18.6. The number of nitrogens with one attached hydrogen (secondary N) is 1. The summed E-state index contributed by atoms with van der Waals surface area (Å²) >= 11 is 0. The predicted octanol–water partition coefficient (Wildman–Crippen LogP) is 2.40. The lowest BCUT2D eigenvalue weighted by Gasteiger charge is -2.39. The second-order valence-corrected chi connectivity index (χ2v) is 8.20. The first-order chi connectivity index (χ1) is 13.5. The SMILES string of the molecule is CC1(CN)CCN(c2cnc(C(=N)N3CCCc4ccccc43)c(N)n2)CC1. The Bertz CT molecular complexity index is 871. The van der Waals surface area contributed by atoms with Crippen molar-refractivity contribution in [2.75, 3.05) is 41.7 Å². The molecule has 2 aliphatic heterocycles. The van der Waals surface area contributed by atoms with Crippen molar-refractivity contribution in [2.45, 2.75) is 32.6 Å². The van der Waals surface area contributed by atoms with Gasteiger partial charge in [0, 0.05) is 25.3 Å². The topological polar surface area (TPSA) is 108 Å². The molecule has 0 atom stereocenters. The fraction of sp³-hybridized carbons (Fsp3) is 0.476. The van der Waals surface area contributed by atoms with Gasteiger partial charge in [-0.1, -0.05) is 25.1 Å². The molecule has 1 aromatic heterocycles. The summed E-state index contributed by atoms with van der Waals surface area (Å²) in [4.78, 5) is 13.3.